The number of hydrogen-bond acceptors (Lipinski definition) is 7. The van der Waals surface area contributed by atoms with E-state index in [2.05, 4.69) is 9.72 Å². The van der Waals surface area contributed by atoms with Crippen LogP contribution in [0.25, 0.3) is 0 Å². The highest BCUT2D eigenvalue weighted by atomic mass is 32.1. The van der Waals surface area contributed by atoms with Crippen molar-refractivity contribution < 1.29 is 23.9 Å². The van der Waals surface area contributed by atoms with Crippen LogP contribution in [-0.4, -0.2) is 36.5 Å². The van der Waals surface area contributed by atoms with Gasteiger partial charge in [-0.3, -0.25) is 14.5 Å². The number of carbonyl (C=O) groups excluding carboxylic acids is 3. The van der Waals surface area contributed by atoms with Crippen molar-refractivity contribution in [2.24, 2.45) is 0 Å². The van der Waals surface area contributed by atoms with Crippen molar-refractivity contribution in [3.05, 3.63) is 40.9 Å². The lowest BCUT2D eigenvalue weighted by molar-refractivity contribution is -0.133. The summed E-state index contributed by atoms with van der Waals surface area (Å²) in [5, 5.41) is 2.37. The summed E-state index contributed by atoms with van der Waals surface area (Å²) in [5.41, 5.74) is 0.942. The van der Waals surface area contributed by atoms with Crippen LogP contribution in [0.4, 0.5) is 5.13 Å². The van der Waals surface area contributed by atoms with E-state index in [0.717, 1.165) is 6.42 Å². The minimum absolute atomic E-state index is 0.0112. The zero-order valence-electron chi connectivity index (χ0n) is 13.6. The van der Waals surface area contributed by atoms with E-state index < -0.39 is 11.9 Å². The van der Waals surface area contributed by atoms with Gasteiger partial charge in [-0.25, -0.2) is 9.78 Å². The molecule has 8 heteroatoms. The van der Waals surface area contributed by atoms with Crippen molar-refractivity contribution in [3.63, 3.8) is 0 Å². The van der Waals surface area contributed by atoms with E-state index in [9.17, 15) is 14.4 Å². The maximum atomic E-state index is 12.0. The molecule has 1 amide bonds. The number of benzene rings is 1. The maximum absolute atomic E-state index is 12.0. The first-order valence-electron chi connectivity index (χ1n) is 7.70. The fraction of sp³-hybridized carbons (Fsp3) is 0.294. The summed E-state index contributed by atoms with van der Waals surface area (Å²) in [6.45, 7) is 0.669. The van der Waals surface area contributed by atoms with Gasteiger partial charge in [0.25, 0.3) is 0 Å². The SMILES string of the molecule is COC(=O)c1ccc(OC(=O)Cc2csc(N3CCCC3=O)n2)cc1. The van der Waals surface area contributed by atoms with Crippen molar-refractivity contribution >= 4 is 34.3 Å². The first-order valence-corrected chi connectivity index (χ1v) is 8.58. The van der Waals surface area contributed by atoms with Crippen LogP contribution in [0.15, 0.2) is 29.6 Å². The predicted molar refractivity (Wildman–Crippen MR) is 90.8 cm³/mol. The van der Waals surface area contributed by atoms with Gasteiger partial charge in [0.2, 0.25) is 5.91 Å². The van der Waals surface area contributed by atoms with Crippen LogP contribution in [0.3, 0.4) is 0 Å². The Bertz CT molecular complexity index is 800. The summed E-state index contributed by atoms with van der Waals surface area (Å²) in [6.07, 6.45) is 1.38. The fourth-order valence-electron chi connectivity index (χ4n) is 2.44. The summed E-state index contributed by atoms with van der Waals surface area (Å²) in [4.78, 5) is 41.1. The number of thiazole rings is 1. The molecule has 0 radical (unpaired) electrons. The molecular weight excluding hydrogens is 344 g/mol. The van der Waals surface area contributed by atoms with Gasteiger partial charge in [0, 0.05) is 18.3 Å². The lowest BCUT2D eigenvalue weighted by Crippen LogP contribution is -2.23. The van der Waals surface area contributed by atoms with E-state index in [1.807, 2.05) is 0 Å². The number of nitrogens with zero attached hydrogens (tertiary/aromatic N) is 2. The van der Waals surface area contributed by atoms with Crippen LogP contribution in [0, 0.1) is 0 Å². The van der Waals surface area contributed by atoms with Gasteiger partial charge in [-0.1, -0.05) is 0 Å². The van der Waals surface area contributed by atoms with Crippen molar-refractivity contribution in [1.82, 2.24) is 4.98 Å². The van der Waals surface area contributed by atoms with Crippen molar-refractivity contribution in [1.29, 1.82) is 0 Å². The van der Waals surface area contributed by atoms with Crippen molar-refractivity contribution in [2.45, 2.75) is 19.3 Å². The molecule has 1 aliphatic rings. The van der Waals surface area contributed by atoms with Crippen molar-refractivity contribution in [3.8, 4) is 5.75 Å². The highest BCUT2D eigenvalue weighted by Gasteiger charge is 2.24. The van der Waals surface area contributed by atoms with Crippen LogP contribution < -0.4 is 9.64 Å². The second-order valence-corrected chi connectivity index (χ2v) is 6.27. The Balaban J connectivity index is 1.58. The van der Waals surface area contributed by atoms with E-state index in [0.29, 0.717) is 35.1 Å². The molecule has 1 aromatic carbocycles. The Morgan fingerprint density at radius 1 is 1.28 bits per heavy atom. The lowest BCUT2D eigenvalue weighted by atomic mass is 10.2. The molecule has 130 valence electrons. The third kappa shape index (κ3) is 4.03. The highest BCUT2D eigenvalue weighted by molar-refractivity contribution is 7.14. The van der Waals surface area contributed by atoms with Gasteiger partial charge in [0.15, 0.2) is 5.13 Å². The highest BCUT2D eigenvalue weighted by Crippen LogP contribution is 2.25. The van der Waals surface area contributed by atoms with Gasteiger partial charge in [-0.2, -0.15) is 0 Å². The average Bonchev–Trinajstić information content (AvgIpc) is 3.23. The molecule has 0 spiro atoms. The third-order valence-corrected chi connectivity index (χ3v) is 4.59. The molecule has 1 aromatic heterocycles. The van der Waals surface area contributed by atoms with Crippen LogP contribution in [0.2, 0.25) is 0 Å². The second-order valence-electron chi connectivity index (χ2n) is 5.44. The number of hydrogen-bond donors (Lipinski definition) is 0. The topological polar surface area (TPSA) is 85.8 Å². The monoisotopic (exact) mass is 360 g/mol. The third-order valence-electron chi connectivity index (χ3n) is 3.68. The molecule has 7 nitrogen and oxygen atoms in total. The molecule has 0 saturated carbocycles. The van der Waals surface area contributed by atoms with Crippen LogP contribution >= 0.6 is 11.3 Å². The number of aromatic nitrogens is 1. The minimum atomic E-state index is -0.463. The Hall–Kier alpha value is -2.74. The van der Waals surface area contributed by atoms with Crippen molar-refractivity contribution in [2.75, 3.05) is 18.6 Å². The Kier molecular flexibility index (Phi) is 5.08. The molecule has 1 saturated heterocycles. The van der Waals surface area contributed by atoms with Gasteiger partial charge in [-0.05, 0) is 30.7 Å². The first kappa shape index (κ1) is 17.1. The van der Waals surface area contributed by atoms with E-state index in [1.165, 1.54) is 42.7 Å². The molecule has 0 unspecified atom stereocenters. The smallest absolute Gasteiger partial charge is 0.337 e. The summed E-state index contributed by atoms with van der Waals surface area (Å²) in [6, 6.07) is 6.10. The van der Waals surface area contributed by atoms with Crippen LogP contribution in [0.5, 0.6) is 5.75 Å². The Morgan fingerprint density at radius 3 is 2.68 bits per heavy atom. The number of amides is 1. The standard InChI is InChI=1S/C17H16N2O5S/c1-23-16(22)11-4-6-13(7-5-11)24-15(21)9-12-10-25-17(18-12)19-8-2-3-14(19)20/h4-7,10H,2-3,8-9H2,1H3. The van der Waals surface area contributed by atoms with Gasteiger partial charge in [0.05, 0.1) is 24.8 Å². The zero-order valence-corrected chi connectivity index (χ0v) is 14.4. The number of rotatable bonds is 5. The molecular formula is C17H16N2O5S. The number of carbonyl (C=O) groups is 3. The molecule has 2 aromatic rings. The Morgan fingerprint density at radius 2 is 2.04 bits per heavy atom. The van der Waals surface area contributed by atoms with E-state index in [-0.39, 0.29) is 12.3 Å². The normalized spacial score (nSPS) is 13.8. The minimum Gasteiger partial charge on any atom is -0.465 e. The van der Waals surface area contributed by atoms with E-state index in [4.69, 9.17) is 4.74 Å². The lowest BCUT2D eigenvalue weighted by Gasteiger charge is -2.10. The molecule has 0 atom stereocenters. The van der Waals surface area contributed by atoms with Crippen LogP contribution in [0.1, 0.15) is 28.9 Å². The molecule has 3 rings (SSSR count). The maximum Gasteiger partial charge on any atom is 0.337 e. The van der Waals surface area contributed by atoms with Crippen LogP contribution in [-0.2, 0) is 20.7 Å². The molecule has 0 bridgehead atoms. The van der Waals surface area contributed by atoms with Gasteiger partial charge in [0.1, 0.15) is 5.75 Å². The van der Waals surface area contributed by atoms with E-state index in [1.54, 1.807) is 10.3 Å². The molecule has 1 fully saturated rings. The predicted octanol–water partition coefficient (Wildman–Crippen LogP) is 2.20. The summed E-state index contributed by atoms with van der Waals surface area (Å²) >= 11 is 1.34. The zero-order chi connectivity index (χ0) is 17.8. The average molecular weight is 360 g/mol. The van der Waals surface area contributed by atoms with Gasteiger partial charge >= 0.3 is 11.9 Å². The molecule has 1 aliphatic heterocycles. The Labute approximate surface area is 148 Å². The molecule has 0 aliphatic carbocycles. The quantitative estimate of drug-likeness (QED) is 0.600. The molecule has 2 heterocycles. The molecule has 25 heavy (non-hydrogen) atoms. The second kappa shape index (κ2) is 7.43. The van der Waals surface area contributed by atoms with Gasteiger partial charge < -0.3 is 9.47 Å². The van der Waals surface area contributed by atoms with E-state index >= 15 is 0 Å². The summed E-state index contributed by atoms with van der Waals surface area (Å²) in [7, 11) is 1.30. The number of anilines is 1. The summed E-state index contributed by atoms with van der Waals surface area (Å²) < 4.78 is 9.84. The number of methoxy groups -OCH3 is 1. The fourth-order valence-corrected chi connectivity index (χ4v) is 3.31. The largest absolute Gasteiger partial charge is 0.465 e. The first-order chi connectivity index (χ1) is 12.1. The summed E-state index contributed by atoms with van der Waals surface area (Å²) in [5.74, 6) is -0.517. The number of esters is 2. The molecule has 0 N–H and O–H groups in total. The number of ether oxygens (including phenoxy) is 2. The van der Waals surface area contributed by atoms with Gasteiger partial charge in [-0.15, -0.1) is 11.3 Å².